The lowest BCUT2D eigenvalue weighted by molar-refractivity contribution is 0.102. The van der Waals surface area contributed by atoms with Crippen LogP contribution in [0.15, 0.2) is 28.1 Å². The van der Waals surface area contributed by atoms with Crippen LogP contribution in [0.1, 0.15) is 16.1 Å². The van der Waals surface area contributed by atoms with Crippen molar-refractivity contribution in [1.82, 2.24) is 9.59 Å². The number of aromatic nitrogens is 2. The SMILES string of the molecule is Cc1ccc(Br)cc1NC(=O)c1csnn1. The van der Waals surface area contributed by atoms with Crippen molar-refractivity contribution in [1.29, 1.82) is 0 Å². The maximum Gasteiger partial charge on any atom is 0.277 e. The molecule has 0 unspecified atom stereocenters. The van der Waals surface area contributed by atoms with Crippen LogP contribution in [0.3, 0.4) is 0 Å². The molecule has 4 nitrogen and oxygen atoms in total. The summed E-state index contributed by atoms with van der Waals surface area (Å²) in [5.74, 6) is -0.241. The summed E-state index contributed by atoms with van der Waals surface area (Å²) in [5.41, 5.74) is 2.11. The van der Waals surface area contributed by atoms with Gasteiger partial charge in [-0.25, -0.2) is 0 Å². The molecule has 0 atom stereocenters. The Hall–Kier alpha value is -1.27. The Balaban J connectivity index is 2.21. The number of rotatable bonds is 2. The summed E-state index contributed by atoms with van der Waals surface area (Å²) in [4.78, 5) is 11.7. The van der Waals surface area contributed by atoms with Crippen molar-refractivity contribution in [2.75, 3.05) is 5.32 Å². The van der Waals surface area contributed by atoms with Gasteiger partial charge in [0.25, 0.3) is 5.91 Å². The van der Waals surface area contributed by atoms with Crippen LogP contribution >= 0.6 is 27.5 Å². The van der Waals surface area contributed by atoms with Gasteiger partial charge in [0.05, 0.1) is 0 Å². The van der Waals surface area contributed by atoms with Crippen molar-refractivity contribution >= 4 is 39.1 Å². The number of benzene rings is 1. The van der Waals surface area contributed by atoms with Crippen LogP contribution in [0.4, 0.5) is 5.69 Å². The van der Waals surface area contributed by atoms with E-state index in [-0.39, 0.29) is 5.91 Å². The molecule has 0 aliphatic carbocycles. The van der Waals surface area contributed by atoms with Crippen LogP contribution in [0.25, 0.3) is 0 Å². The molecule has 2 rings (SSSR count). The van der Waals surface area contributed by atoms with Crippen LogP contribution in [-0.2, 0) is 0 Å². The summed E-state index contributed by atoms with van der Waals surface area (Å²) in [5, 5.41) is 8.11. The summed E-state index contributed by atoms with van der Waals surface area (Å²) < 4.78 is 4.57. The van der Waals surface area contributed by atoms with Crippen molar-refractivity contribution in [3.63, 3.8) is 0 Å². The first-order valence-electron chi connectivity index (χ1n) is 4.51. The normalized spacial score (nSPS) is 10.1. The number of aryl methyl sites for hydroxylation is 1. The zero-order chi connectivity index (χ0) is 11.5. The van der Waals surface area contributed by atoms with Crippen molar-refractivity contribution in [3.8, 4) is 0 Å². The molecular weight excluding hydrogens is 290 g/mol. The largest absolute Gasteiger partial charge is 0.320 e. The molecule has 0 spiro atoms. The van der Waals surface area contributed by atoms with E-state index in [2.05, 4.69) is 30.8 Å². The van der Waals surface area contributed by atoms with Gasteiger partial charge in [0.15, 0.2) is 5.69 Å². The lowest BCUT2D eigenvalue weighted by atomic mass is 10.2. The summed E-state index contributed by atoms with van der Waals surface area (Å²) >= 11 is 4.51. The number of carbonyl (C=O) groups is 1. The van der Waals surface area contributed by atoms with E-state index in [9.17, 15) is 4.79 Å². The highest BCUT2D eigenvalue weighted by Gasteiger charge is 2.10. The highest BCUT2D eigenvalue weighted by Crippen LogP contribution is 2.21. The summed E-state index contributed by atoms with van der Waals surface area (Å²) in [6.07, 6.45) is 0. The Morgan fingerprint density at radius 3 is 3.00 bits per heavy atom. The monoisotopic (exact) mass is 297 g/mol. The van der Waals surface area contributed by atoms with Crippen LogP contribution in [0, 0.1) is 6.92 Å². The van der Waals surface area contributed by atoms with Gasteiger partial charge in [-0.3, -0.25) is 4.79 Å². The Labute approximate surface area is 105 Å². The van der Waals surface area contributed by atoms with Crippen LogP contribution in [0.5, 0.6) is 0 Å². The lowest BCUT2D eigenvalue weighted by Crippen LogP contribution is -2.13. The Kier molecular flexibility index (Phi) is 3.31. The predicted octanol–water partition coefficient (Wildman–Crippen LogP) is 2.86. The van der Waals surface area contributed by atoms with E-state index in [0.29, 0.717) is 5.69 Å². The van der Waals surface area contributed by atoms with Gasteiger partial charge < -0.3 is 5.32 Å². The minimum atomic E-state index is -0.241. The summed E-state index contributed by atoms with van der Waals surface area (Å²) in [6.45, 7) is 1.93. The molecule has 16 heavy (non-hydrogen) atoms. The van der Waals surface area contributed by atoms with Gasteiger partial charge in [0.2, 0.25) is 0 Å². The number of anilines is 1. The van der Waals surface area contributed by atoms with Crippen LogP contribution < -0.4 is 5.32 Å². The minimum absolute atomic E-state index is 0.241. The van der Waals surface area contributed by atoms with Gasteiger partial charge in [-0.05, 0) is 36.2 Å². The molecule has 0 bridgehead atoms. The fourth-order valence-corrected chi connectivity index (χ4v) is 1.98. The molecule has 82 valence electrons. The van der Waals surface area contributed by atoms with Gasteiger partial charge >= 0.3 is 0 Å². The van der Waals surface area contributed by atoms with E-state index >= 15 is 0 Å². The van der Waals surface area contributed by atoms with Gasteiger partial charge in [-0.15, -0.1) is 5.10 Å². The third-order valence-corrected chi connectivity index (χ3v) is 3.04. The standard InChI is InChI=1S/C10H8BrN3OS/c1-6-2-3-7(11)4-8(6)12-10(15)9-5-16-14-13-9/h2-5H,1H3,(H,12,15). The smallest absolute Gasteiger partial charge is 0.277 e. The minimum Gasteiger partial charge on any atom is -0.320 e. The zero-order valence-electron chi connectivity index (χ0n) is 8.40. The molecule has 0 aliphatic heterocycles. The maximum atomic E-state index is 11.7. The van der Waals surface area contributed by atoms with Crippen molar-refractivity contribution in [3.05, 3.63) is 39.3 Å². The molecule has 2 aromatic rings. The predicted molar refractivity (Wildman–Crippen MR) is 66.7 cm³/mol. The first-order chi connectivity index (χ1) is 7.66. The molecule has 0 saturated heterocycles. The highest BCUT2D eigenvalue weighted by atomic mass is 79.9. The van der Waals surface area contributed by atoms with E-state index in [1.165, 1.54) is 0 Å². The van der Waals surface area contributed by atoms with E-state index in [0.717, 1.165) is 27.3 Å². The number of hydrogen-bond donors (Lipinski definition) is 1. The Morgan fingerprint density at radius 2 is 2.31 bits per heavy atom. The third-order valence-electron chi connectivity index (χ3n) is 2.04. The number of carbonyl (C=O) groups excluding carboxylic acids is 1. The molecule has 6 heteroatoms. The molecule has 0 fully saturated rings. The molecule has 1 aromatic heterocycles. The van der Waals surface area contributed by atoms with Crippen molar-refractivity contribution in [2.24, 2.45) is 0 Å². The van der Waals surface area contributed by atoms with E-state index in [1.807, 2.05) is 25.1 Å². The average Bonchev–Trinajstić information content (AvgIpc) is 2.76. The molecular formula is C10H8BrN3OS. The fourth-order valence-electron chi connectivity index (χ4n) is 1.18. The molecule has 1 N–H and O–H groups in total. The second kappa shape index (κ2) is 4.71. The molecule has 1 heterocycles. The second-order valence-corrected chi connectivity index (χ2v) is 4.73. The maximum absolute atomic E-state index is 11.7. The molecule has 0 radical (unpaired) electrons. The van der Waals surface area contributed by atoms with E-state index in [1.54, 1.807) is 5.38 Å². The first-order valence-corrected chi connectivity index (χ1v) is 6.14. The third kappa shape index (κ3) is 2.45. The topological polar surface area (TPSA) is 54.9 Å². The molecule has 0 aliphatic rings. The van der Waals surface area contributed by atoms with E-state index in [4.69, 9.17) is 0 Å². The quantitative estimate of drug-likeness (QED) is 0.927. The summed E-state index contributed by atoms with van der Waals surface area (Å²) in [6, 6.07) is 5.71. The second-order valence-electron chi connectivity index (χ2n) is 3.20. The van der Waals surface area contributed by atoms with Gasteiger partial charge in [-0.2, -0.15) is 0 Å². The number of nitrogens with zero attached hydrogens (tertiary/aromatic N) is 2. The average molecular weight is 298 g/mol. The number of halogens is 1. The number of nitrogens with one attached hydrogen (secondary N) is 1. The zero-order valence-corrected chi connectivity index (χ0v) is 10.8. The Morgan fingerprint density at radius 1 is 1.50 bits per heavy atom. The highest BCUT2D eigenvalue weighted by molar-refractivity contribution is 9.10. The summed E-state index contributed by atoms with van der Waals surface area (Å²) in [7, 11) is 0. The van der Waals surface area contributed by atoms with Crippen LogP contribution in [-0.4, -0.2) is 15.5 Å². The molecule has 1 aromatic carbocycles. The van der Waals surface area contributed by atoms with Crippen molar-refractivity contribution < 1.29 is 4.79 Å². The van der Waals surface area contributed by atoms with Crippen LogP contribution in [0.2, 0.25) is 0 Å². The fraction of sp³-hybridized carbons (Fsp3) is 0.100. The van der Waals surface area contributed by atoms with Crippen molar-refractivity contribution in [2.45, 2.75) is 6.92 Å². The Bertz CT molecular complexity index is 513. The van der Waals surface area contributed by atoms with Gasteiger partial charge in [-0.1, -0.05) is 26.5 Å². The number of hydrogen-bond acceptors (Lipinski definition) is 4. The van der Waals surface area contributed by atoms with Gasteiger partial charge in [0, 0.05) is 15.5 Å². The molecule has 0 saturated carbocycles. The first kappa shape index (κ1) is 11.2. The number of amides is 1. The lowest BCUT2D eigenvalue weighted by Gasteiger charge is -2.06. The molecule has 1 amide bonds. The van der Waals surface area contributed by atoms with Gasteiger partial charge in [0.1, 0.15) is 0 Å². The van der Waals surface area contributed by atoms with E-state index < -0.39 is 0 Å².